The topological polar surface area (TPSA) is 237 Å². The van der Waals surface area contributed by atoms with Crippen molar-refractivity contribution < 1.29 is 80.2 Å². The van der Waals surface area contributed by atoms with Crippen LogP contribution in [0.1, 0.15) is 344 Å². The normalized spacial score (nSPS) is 14.9. The molecule has 3 N–H and O–H groups in total. The van der Waals surface area contributed by atoms with E-state index in [2.05, 4.69) is 55.4 Å². The number of phosphoric ester groups is 2. The standard InChI is InChI=1S/C70H136O17P2/c1-9-62(7)48-40-32-24-17-14-15-19-27-36-44-52-69(74)86-65(56-81-68(73)51-43-35-26-21-20-23-31-39-47-61(5)6)58-84-88(76,77)82-54-64(71)55-83-89(78,79)85-59-66(87-70(75)53-45-37-29-28-33-41-49-63(8)10-2)57-80-67(72)50-42-34-25-18-13-11-12-16-22-30-38-46-60(3)4/h60-66,71H,9-59H2,1-8H3,(H,76,77)(H,78,79)/t62?,63?,64?,65-,66-/m1/s1. The van der Waals surface area contributed by atoms with Crippen molar-refractivity contribution in [1.29, 1.82) is 0 Å². The van der Waals surface area contributed by atoms with Gasteiger partial charge in [-0.3, -0.25) is 37.3 Å². The summed E-state index contributed by atoms with van der Waals surface area (Å²) in [6.45, 7) is 14.1. The van der Waals surface area contributed by atoms with Crippen LogP contribution in [0.5, 0.6) is 0 Å². The third-order valence-electron chi connectivity index (χ3n) is 16.8. The zero-order valence-corrected chi connectivity index (χ0v) is 59.8. The van der Waals surface area contributed by atoms with Gasteiger partial charge < -0.3 is 33.8 Å². The van der Waals surface area contributed by atoms with Gasteiger partial charge in [0.25, 0.3) is 0 Å². The molecular weight excluding hydrogens is 1170 g/mol. The van der Waals surface area contributed by atoms with Crippen LogP contribution in [0.3, 0.4) is 0 Å². The van der Waals surface area contributed by atoms with Gasteiger partial charge in [-0.25, -0.2) is 9.13 Å². The molecule has 0 heterocycles. The molecule has 89 heavy (non-hydrogen) atoms. The van der Waals surface area contributed by atoms with Crippen LogP contribution in [0, 0.1) is 23.7 Å². The highest BCUT2D eigenvalue weighted by Crippen LogP contribution is 2.45. The maximum Gasteiger partial charge on any atom is 0.472 e. The summed E-state index contributed by atoms with van der Waals surface area (Å²) >= 11 is 0. The number of carbonyl (C=O) groups is 4. The van der Waals surface area contributed by atoms with Crippen LogP contribution in [0.25, 0.3) is 0 Å². The summed E-state index contributed by atoms with van der Waals surface area (Å²) in [4.78, 5) is 72.5. The first-order valence-corrected chi connectivity index (χ1v) is 39.3. The number of ether oxygens (including phenoxy) is 4. The minimum Gasteiger partial charge on any atom is -0.462 e. The van der Waals surface area contributed by atoms with Crippen LogP contribution < -0.4 is 0 Å². The zero-order valence-electron chi connectivity index (χ0n) is 58.1. The molecule has 0 aliphatic carbocycles. The van der Waals surface area contributed by atoms with E-state index in [1.165, 1.54) is 148 Å². The third-order valence-corrected chi connectivity index (χ3v) is 18.7. The summed E-state index contributed by atoms with van der Waals surface area (Å²) in [6, 6.07) is 0. The van der Waals surface area contributed by atoms with Gasteiger partial charge in [0.2, 0.25) is 0 Å². The smallest absolute Gasteiger partial charge is 0.462 e. The van der Waals surface area contributed by atoms with E-state index in [4.69, 9.17) is 37.0 Å². The second-order valence-electron chi connectivity index (χ2n) is 26.7. The highest BCUT2D eigenvalue weighted by Gasteiger charge is 2.30. The Morgan fingerprint density at radius 2 is 0.539 bits per heavy atom. The van der Waals surface area contributed by atoms with Gasteiger partial charge in [0, 0.05) is 25.7 Å². The van der Waals surface area contributed by atoms with Gasteiger partial charge in [-0.15, -0.1) is 0 Å². The van der Waals surface area contributed by atoms with Gasteiger partial charge in [-0.05, 0) is 49.4 Å². The second-order valence-corrected chi connectivity index (χ2v) is 29.6. The number of esters is 4. The Hall–Kier alpha value is -1.94. The number of phosphoric acid groups is 2. The molecule has 528 valence electrons. The molecule has 0 saturated carbocycles. The number of hydrogen-bond acceptors (Lipinski definition) is 15. The number of hydrogen-bond donors (Lipinski definition) is 3. The molecule has 0 aromatic carbocycles. The molecule has 0 fully saturated rings. The average Bonchev–Trinajstić information content (AvgIpc) is 3.71. The Morgan fingerprint density at radius 1 is 0.315 bits per heavy atom. The Morgan fingerprint density at radius 3 is 0.798 bits per heavy atom. The lowest BCUT2D eigenvalue weighted by atomic mass is 9.99. The fraction of sp³-hybridized carbons (Fsp3) is 0.943. The second kappa shape index (κ2) is 59.8. The monoisotopic (exact) mass is 1310 g/mol. The summed E-state index contributed by atoms with van der Waals surface area (Å²) in [6.07, 6.45) is 41.6. The first-order chi connectivity index (χ1) is 42.7. The zero-order chi connectivity index (χ0) is 66.1. The van der Waals surface area contributed by atoms with Crippen molar-refractivity contribution in [3.63, 3.8) is 0 Å². The minimum atomic E-state index is -4.95. The predicted octanol–water partition coefficient (Wildman–Crippen LogP) is 19.7. The summed E-state index contributed by atoms with van der Waals surface area (Å²) in [7, 11) is -9.90. The quantitative estimate of drug-likeness (QED) is 0.0222. The summed E-state index contributed by atoms with van der Waals surface area (Å²) in [5.41, 5.74) is 0. The van der Waals surface area contributed by atoms with E-state index in [-0.39, 0.29) is 25.7 Å². The summed E-state index contributed by atoms with van der Waals surface area (Å²) in [5, 5.41) is 10.6. The molecule has 5 unspecified atom stereocenters. The van der Waals surface area contributed by atoms with Crippen LogP contribution >= 0.6 is 15.6 Å². The minimum absolute atomic E-state index is 0.102. The number of aliphatic hydroxyl groups excluding tert-OH is 1. The molecule has 0 aliphatic heterocycles. The van der Waals surface area contributed by atoms with Crippen molar-refractivity contribution in [3.05, 3.63) is 0 Å². The largest absolute Gasteiger partial charge is 0.472 e. The van der Waals surface area contributed by atoms with E-state index in [1.54, 1.807) is 0 Å². The van der Waals surface area contributed by atoms with Gasteiger partial charge in [-0.2, -0.15) is 0 Å². The van der Waals surface area contributed by atoms with Crippen molar-refractivity contribution in [2.75, 3.05) is 39.6 Å². The fourth-order valence-electron chi connectivity index (χ4n) is 10.4. The number of aliphatic hydroxyl groups is 1. The molecule has 17 nitrogen and oxygen atoms in total. The molecule has 0 rings (SSSR count). The van der Waals surface area contributed by atoms with E-state index in [0.29, 0.717) is 25.7 Å². The maximum absolute atomic E-state index is 13.0. The van der Waals surface area contributed by atoms with Crippen LogP contribution in [0.4, 0.5) is 0 Å². The number of unbranched alkanes of at least 4 members (excludes halogenated alkanes) is 31. The first-order valence-electron chi connectivity index (χ1n) is 36.3. The Labute approximate surface area is 543 Å². The van der Waals surface area contributed by atoms with Gasteiger partial charge in [-0.1, -0.05) is 293 Å². The Kier molecular flexibility index (Phi) is 58.5. The van der Waals surface area contributed by atoms with Crippen molar-refractivity contribution in [3.8, 4) is 0 Å². The Balaban J connectivity index is 5.25. The molecule has 0 radical (unpaired) electrons. The molecule has 0 spiro atoms. The summed E-state index contributed by atoms with van der Waals surface area (Å²) in [5.74, 6) is 0.889. The van der Waals surface area contributed by atoms with Crippen molar-refractivity contribution in [1.82, 2.24) is 0 Å². The van der Waals surface area contributed by atoms with Gasteiger partial charge in [0.15, 0.2) is 12.2 Å². The van der Waals surface area contributed by atoms with Crippen molar-refractivity contribution in [2.24, 2.45) is 23.7 Å². The van der Waals surface area contributed by atoms with Crippen molar-refractivity contribution >= 4 is 39.5 Å². The average molecular weight is 1310 g/mol. The lowest BCUT2D eigenvalue weighted by molar-refractivity contribution is -0.161. The van der Waals surface area contributed by atoms with Crippen LogP contribution in [-0.2, 0) is 65.4 Å². The van der Waals surface area contributed by atoms with E-state index in [9.17, 15) is 43.2 Å². The number of carbonyl (C=O) groups excluding carboxylic acids is 4. The predicted molar refractivity (Wildman–Crippen MR) is 358 cm³/mol. The maximum atomic E-state index is 13.0. The Bertz CT molecular complexity index is 1770. The van der Waals surface area contributed by atoms with Gasteiger partial charge >= 0.3 is 39.5 Å². The van der Waals surface area contributed by atoms with Crippen molar-refractivity contribution in [2.45, 2.75) is 363 Å². The van der Waals surface area contributed by atoms with Gasteiger partial charge in [0.05, 0.1) is 26.4 Å². The van der Waals surface area contributed by atoms with E-state index < -0.39 is 97.5 Å². The lowest BCUT2D eigenvalue weighted by Crippen LogP contribution is -2.30. The fourth-order valence-corrected chi connectivity index (χ4v) is 12.0. The van der Waals surface area contributed by atoms with Crippen LogP contribution in [-0.4, -0.2) is 96.7 Å². The van der Waals surface area contributed by atoms with Gasteiger partial charge in [0.1, 0.15) is 19.3 Å². The highest BCUT2D eigenvalue weighted by atomic mass is 31.2. The van der Waals surface area contributed by atoms with Crippen LogP contribution in [0.2, 0.25) is 0 Å². The molecule has 0 aromatic heterocycles. The molecule has 0 aromatic rings. The SMILES string of the molecule is CCC(C)CCCCCCCCCCCCC(=O)O[C@H](COC(=O)CCCCCCCCCCC(C)C)COP(=O)(O)OCC(O)COP(=O)(O)OC[C@@H](COC(=O)CCCCCCCCCCCCCC(C)C)OC(=O)CCCCCCCCC(C)CC. The lowest BCUT2D eigenvalue weighted by Gasteiger charge is -2.21. The molecule has 0 saturated heterocycles. The molecule has 7 atom stereocenters. The number of rotatable bonds is 67. The highest BCUT2D eigenvalue weighted by molar-refractivity contribution is 7.47. The van der Waals surface area contributed by atoms with E-state index >= 15 is 0 Å². The molecule has 0 amide bonds. The van der Waals surface area contributed by atoms with Crippen LogP contribution in [0.15, 0.2) is 0 Å². The van der Waals surface area contributed by atoms with E-state index in [0.717, 1.165) is 114 Å². The van der Waals surface area contributed by atoms with E-state index in [1.807, 2.05) is 0 Å². The third kappa shape index (κ3) is 62.0. The molecule has 0 bridgehead atoms. The summed E-state index contributed by atoms with van der Waals surface area (Å²) < 4.78 is 68.3. The molecule has 19 heteroatoms. The molecular formula is C70H136O17P2. The molecule has 0 aliphatic rings. The first kappa shape index (κ1) is 87.1.